The number of unbranched alkanes of at least 4 members (excludes halogenated alkanes) is 1. The van der Waals surface area contributed by atoms with Crippen LogP contribution in [-0.2, 0) is 6.42 Å². The van der Waals surface area contributed by atoms with Gasteiger partial charge in [0.25, 0.3) is 0 Å². The van der Waals surface area contributed by atoms with E-state index in [1.807, 2.05) is 0 Å². The van der Waals surface area contributed by atoms with E-state index in [1.54, 1.807) is 7.11 Å². The van der Waals surface area contributed by atoms with E-state index in [0.29, 0.717) is 0 Å². The van der Waals surface area contributed by atoms with Crippen LogP contribution in [-0.4, -0.2) is 13.7 Å². The Morgan fingerprint density at radius 1 is 1.06 bits per heavy atom. The molecule has 0 aromatic heterocycles. The number of methoxy groups -OCH3 is 1. The predicted octanol–water partition coefficient (Wildman–Crippen LogP) is 3.44. The fourth-order valence-corrected chi connectivity index (χ4v) is 1.91. The van der Waals surface area contributed by atoms with Crippen LogP contribution in [0.5, 0.6) is 5.75 Å². The van der Waals surface area contributed by atoms with Crippen molar-refractivity contribution in [1.82, 2.24) is 0 Å². The second kappa shape index (κ2) is 9.58. The highest BCUT2D eigenvalue weighted by molar-refractivity contribution is 5.85. The Bertz CT molecular complexity index is 306. The maximum Gasteiger partial charge on any atom is 0.119 e. The summed E-state index contributed by atoms with van der Waals surface area (Å²) >= 11 is 0. The van der Waals surface area contributed by atoms with Crippen molar-refractivity contribution in [3.8, 4) is 5.75 Å². The molecule has 0 unspecified atom stereocenters. The third kappa shape index (κ3) is 5.62. The number of benzene rings is 1. The molecular weight excluding hydrogens is 257 g/mol. The van der Waals surface area contributed by atoms with Gasteiger partial charge in [0.1, 0.15) is 5.75 Å². The molecular formula is C13H23Cl2NO. The van der Waals surface area contributed by atoms with E-state index in [1.165, 1.54) is 23.1 Å². The summed E-state index contributed by atoms with van der Waals surface area (Å²) in [6.45, 7) is 5.08. The lowest BCUT2D eigenvalue weighted by molar-refractivity contribution is 0.414. The molecule has 1 aromatic carbocycles. The van der Waals surface area contributed by atoms with Crippen LogP contribution in [0.4, 0.5) is 0 Å². The van der Waals surface area contributed by atoms with Crippen LogP contribution in [0.2, 0.25) is 0 Å². The van der Waals surface area contributed by atoms with Crippen molar-refractivity contribution in [2.24, 2.45) is 5.73 Å². The molecule has 0 bridgehead atoms. The first kappa shape index (κ1) is 18.9. The van der Waals surface area contributed by atoms with Gasteiger partial charge in [-0.15, -0.1) is 24.8 Å². The Morgan fingerprint density at radius 3 is 2.00 bits per heavy atom. The van der Waals surface area contributed by atoms with Crippen molar-refractivity contribution >= 4 is 24.8 Å². The summed E-state index contributed by atoms with van der Waals surface area (Å²) < 4.78 is 5.24. The minimum absolute atomic E-state index is 0. The molecule has 1 aromatic rings. The number of nitrogens with two attached hydrogens (primary N) is 1. The molecule has 100 valence electrons. The summed E-state index contributed by atoms with van der Waals surface area (Å²) in [5.74, 6) is 0.951. The van der Waals surface area contributed by atoms with Gasteiger partial charge in [-0.1, -0.05) is 0 Å². The number of ether oxygens (including phenoxy) is 1. The first-order valence-electron chi connectivity index (χ1n) is 5.53. The smallest absolute Gasteiger partial charge is 0.119 e. The normalized spacial score (nSPS) is 9.18. The molecule has 0 saturated heterocycles. The molecule has 0 amide bonds. The maximum absolute atomic E-state index is 5.49. The van der Waals surface area contributed by atoms with Gasteiger partial charge in [-0.25, -0.2) is 0 Å². The van der Waals surface area contributed by atoms with Gasteiger partial charge in [-0.3, -0.25) is 0 Å². The Kier molecular flexibility index (Phi) is 10.7. The van der Waals surface area contributed by atoms with E-state index in [4.69, 9.17) is 10.5 Å². The van der Waals surface area contributed by atoms with E-state index in [9.17, 15) is 0 Å². The van der Waals surface area contributed by atoms with E-state index in [0.717, 1.165) is 25.1 Å². The minimum Gasteiger partial charge on any atom is -0.497 e. The van der Waals surface area contributed by atoms with Crippen LogP contribution in [0.1, 0.15) is 29.5 Å². The van der Waals surface area contributed by atoms with E-state index < -0.39 is 0 Å². The first-order valence-corrected chi connectivity index (χ1v) is 5.53. The molecule has 0 atom stereocenters. The van der Waals surface area contributed by atoms with Gasteiger partial charge in [0.15, 0.2) is 0 Å². The molecule has 0 spiro atoms. The Morgan fingerprint density at radius 2 is 1.59 bits per heavy atom. The summed E-state index contributed by atoms with van der Waals surface area (Å²) in [5, 5.41) is 0. The molecule has 4 heteroatoms. The predicted molar refractivity (Wildman–Crippen MR) is 79.0 cm³/mol. The standard InChI is InChI=1S/C13H21NO.2ClH/c1-10-8-12(15-3)9-11(2)13(10)6-4-5-7-14;;/h8-9H,4-7,14H2,1-3H3;2*1H. The highest BCUT2D eigenvalue weighted by atomic mass is 35.5. The summed E-state index contributed by atoms with van der Waals surface area (Å²) in [6, 6.07) is 4.20. The van der Waals surface area contributed by atoms with Crippen LogP contribution in [0.25, 0.3) is 0 Å². The van der Waals surface area contributed by atoms with Gasteiger partial charge in [0, 0.05) is 0 Å². The molecule has 2 N–H and O–H groups in total. The van der Waals surface area contributed by atoms with Crippen molar-refractivity contribution in [3.63, 3.8) is 0 Å². The largest absolute Gasteiger partial charge is 0.497 e. The Hall–Kier alpha value is -0.440. The quantitative estimate of drug-likeness (QED) is 0.839. The van der Waals surface area contributed by atoms with Crippen LogP contribution >= 0.6 is 24.8 Å². The van der Waals surface area contributed by atoms with Crippen molar-refractivity contribution in [1.29, 1.82) is 0 Å². The summed E-state index contributed by atoms with van der Waals surface area (Å²) in [5.41, 5.74) is 9.59. The van der Waals surface area contributed by atoms with E-state index >= 15 is 0 Å². The Balaban J connectivity index is 0. The van der Waals surface area contributed by atoms with Crippen molar-refractivity contribution < 1.29 is 4.74 Å². The van der Waals surface area contributed by atoms with E-state index in [-0.39, 0.29) is 24.8 Å². The van der Waals surface area contributed by atoms with Gasteiger partial charge in [-0.2, -0.15) is 0 Å². The summed E-state index contributed by atoms with van der Waals surface area (Å²) in [4.78, 5) is 0. The van der Waals surface area contributed by atoms with Crippen molar-refractivity contribution in [2.45, 2.75) is 33.1 Å². The monoisotopic (exact) mass is 279 g/mol. The zero-order valence-electron chi connectivity index (χ0n) is 10.8. The lowest BCUT2D eigenvalue weighted by atomic mass is 9.97. The fraction of sp³-hybridized carbons (Fsp3) is 0.538. The molecule has 17 heavy (non-hydrogen) atoms. The van der Waals surface area contributed by atoms with Gasteiger partial charge in [0.2, 0.25) is 0 Å². The average molecular weight is 280 g/mol. The Labute approximate surface area is 117 Å². The molecule has 2 nitrogen and oxygen atoms in total. The third-order valence-electron chi connectivity index (χ3n) is 2.79. The fourth-order valence-electron chi connectivity index (χ4n) is 1.91. The maximum atomic E-state index is 5.49. The zero-order chi connectivity index (χ0) is 11.3. The van der Waals surface area contributed by atoms with Crippen LogP contribution in [0.15, 0.2) is 12.1 Å². The number of aryl methyl sites for hydroxylation is 2. The molecule has 0 aliphatic heterocycles. The molecule has 1 rings (SSSR count). The van der Waals surface area contributed by atoms with Crippen molar-refractivity contribution in [3.05, 3.63) is 28.8 Å². The number of hydrogen-bond acceptors (Lipinski definition) is 2. The van der Waals surface area contributed by atoms with Crippen molar-refractivity contribution in [2.75, 3.05) is 13.7 Å². The van der Waals surface area contributed by atoms with E-state index in [2.05, 4.69) is 26.0 Å². The van der Waals surface area contributed by atoms with Gasteiger partial charge < -0.3 is 10.5 Å². The summed E-state index contributed by atoms with van der Waals surface area (Å²) in [6.07, 6.45) is 3.40. The number of halogens is 2. The summed E-state index contributed by atoms with van der Waals surface area (Å²) in [7, 11) is 1.71. The van der Waals surface area contributed by atoms with Crippen LogP contribution < -0.4 is 10.5 Å². The second-order valence-corrected chi connectivity index (χ2v) is 3.99. The zero-order valence-corrected chi connectivity index (χ0v) is 12.4. The lowest BCUT2D eigenvalue weighted by Gasteiger charge is -2.11. The molecule has 0 aliphatic rings. The first-order chi connectivity index (χ1) is 7.19. The number of hydrogen-bond donors (Lipinski definition) is 1. The molecule has 0 fully saturated rings. The SMILES string of the molecule is COc1cc(C)c(CCCCN)c(C)c1.Cl.Cl. The minimum atomic E-state index is 0. The molecule has 0 saturated carbocycles. The number of rotatable bonds is 5. The van der Waals surface area contributed by atoms with Gasteiger partial charge >= 0.3 is 0 Å². The molecule has 0 radical (unpaired) electrons. The highest BCUT2D eigenvalue weighted by Crippen LogP contribution is 2.22. The molecule has 0 heterocycles. The van der Waals surface area contributed by atoms with Crippen LogP contribution in [0.3, 0.4) is 0 Å². The topological polar surface area (TPSA) is 35.2 Å². The second-order valence-electron chi connectivity index (χ2n) is 3.99. The van der Waals surface area contributed by atoms with Gasteiger partial charge in [0.05, 0.1) is 7.11 Å². The lowest BCUT2D eigenvalue weighted by Crippen LogP contribution is -2.01. The third-order valence-corrected chi connectivity index (χ3v) is 2.79. The molecule has 0 aliphatic carbocycles. The highest BCUT2D eigenvalue weighted by Gasteiger charge is 2.04. The van der Waals surface area contributed by atoms with Crippen LogP contribution in [0, 0.1) is 13.8 Å². The van der Waals surface area contributed by atoms with Gasteiger partial charge in [-0.05, 0) is 68.5 Å². The average Bonchev–Trinajstić information content (AvgIpc) is 2.22.